The fraction of sp³-hybridized carbons (Fsp3) is 0.583. The monoisotopic (exact) mass is 285 g/mol. The molecule has 0 aromatic carbocycles. The largest absolute Gasteiger partial charge is 0.403 e. The number of urea groups is 1. The molecule has 0 aliphatic carbocycles. The van der Waals surface area contributed by atoms with Gasteiger partial charge in [0, 0.05) is 25.5 Å². The number of nitrogens with two attached hydrogens (primary N) is 1. The van der Waals surface area contributed by atoms with Gasteiger partial charge in [-0.05, 0) is 12.8 Å². The van der Waals surface area contributed by atoms with Crippen molar-refractivity contribution < 1.29 is 4.79 Å². The van der Waals surface area contributed by atoms with Crippen LogP contribution in [-0.4, -0.2) is 35.4 Å². The maximum absolute atomic E-state index is 11.8. The highest BCUT2D eigenvalue weighted by Crippen LogP contribution is 2.10. The van der Waals surface area contributed by atoms with Crippen molar-refractivity contribution in [3.8, 4) is 0 Å². The summed E-state index contributed by atoms with van der Waals surface area (Å²) in [5, 5.41) is 3.90. The first kappa shape index (κ1) is 15.5. The zero-order chi connectivity index (χ0) is 13.9. The average molecular weight is 286 g/mol. The predicted octanol–water partition coefficient (Wildman–Crippen LogP) is 2.02. The minimum atomic E-state index is -0.197. The van der Waals surface area contributed by atoms with E-state index >= 15 is 0 Å². The molecule has 1 rings (SSSR count). The van der Waals surface area contributed by atoms with Crippen LogP contribution in [0.1, 0.15) is 32.1 Å². The molecular weight excluding hydrogens is 266 g/mol. The van der Waals surface area contributed by atoms with E-state index in [1.807, 2.05) is 0 Å². The van der Waals surface area contributed by atoms with Crippen molar-refractivity contribution in [2.45, 2.75) is 32.1 Å². The molecule has 1 heterocycles. The van der Waals surface area contributed by atoms with Crippen molar-refractivity contribution in [2.24, 2.45) is 15.8 Å². The van der Waals surface area contributed by atoms with Crippen LogP contribution in [0.15, 0.2) is 22.5 Å². The Morgan fingerprint density at radius 2 is 1.84 bits per heavy atom. The molecule has 0 unspecified atom stereocenters. The summed E-state index contributed by atoms with van der Waals surface area (Å²) in [7, 11) is 0. The number of carbonyl (C=O) groups is 1. The number of carbonyl (C=O) groups excluding carboxylic acids is 1. The summed E-state index contributed by atoms with van der Waals surface area (Å²) in [6.45, 7) is 1.55. The smallest absolute Gasteiger partial charge is 0.337 e. The van der Waals surface area contributed by atoms with Crippen molar-refractivity contribution in [1.29, 1.82) is 0 Å². The summed E-state index contributed by atoms with van der Waals surface area (Å²) in [6.07, 6.45) is 9.57. The van der Waals surface area contributed by atoms with Gasteiger partial charge < -0.3 is 10.6 Å². The highest BCUT2D eigenvalue weighted by atomic mass is 35.5. The van der Waals surface area contributed by atoms with E-state index in [9.17, 15) is 4.79 Å². The number of hydrogen-bond acceptors (Lipinski definition) is 4. The minimum Gasteiger partial charge on any atom is -0.403 e. The van der Waals surface area contributed by atoms with Crippen LogP contribution in [0.25, 0.3) is 0 Å². The molecule has 0 aromatic rings. The van der Waals surface area contributed by atoms with E-state index in [-0.39, 0.29) is 11.2 Å². The number of rotatable bonds is 3. The topological polar surface area (TPSA) is 83.1 Å². The third-order valence-corrected chi connectivity index (χ3v) is 2.95. The van der Waals surface area contributed by atoms with E-state index in [1.54, 1.807) is 4.90 Å². The maximum atomic E-state index is 11.8. The van der Waals surface area contributed by atoms with E-state index in [4.69, 9.17) is 17.3 Å². The lowest BCUT2D eigenvalue weighted by Crippen LogP contribution is -2.39. The Morgan fingerprint density at radius 1 is 1.21 bits per heavy atom. The molecule has 6 nitrogen and oxygen atoms in total. The lowest BCUT2D eigenvalue weighted by Gasteiger charge is -2.23. The first-order valence-corrected chi connectivity index (χ1v) is 6.80. The number of halogens is 1. The molecule has 0 aromatic heterocycles. The molecule has 1 aliphatic rings. The number of hydrogen-bond donors (Lipinski definition) is 2. The lowest BCUT2D eigenvalue weighted by atomic mass is 10.1. The van der Waals surface area contributed by atoms with Crippen molar-refractivity contribution in [3.63, 3.8) is 0 Å². The highest BCUT2D eigenvalue weighted by Gasteiger charge is 2.13. The molecule has 2 amide bonds. The molecule has 0 saturated carbocycles. The van der Waals surface area contributed by atoms with E-state index < -0.39 is 0 Å². The number of hydrazone groups is 1. The SMILES string of the molecule is NC=CN=C(Cl)C=NNC(=O)N1CCCCCCC1. The van der Waals surface area contributed by atoms with Gasteiger partial charge in [-0.25, -0.2) is 15.2 Å². The first-order chi connectivity index (χ1) is 9.24. The van der Waals surface area contributed by atoms with Gasteiger partial charge in [0.05, 0.1) is 6.21 Å². The molecule has 1 aliphatic heterocycles. The van der Waals surface area contributed by atoms with E-state index in [0.717, 1.165) is 25.9 Å². The fourth-order valence-corrected chi connectivity index (χ4v) is 1.91. The van der Waals surface area contributed by atoms with Crippen molar-refractivity contribution in [1.82, 2.24) is 10.3 Å². The van der Waals surface area contributed by atoms with Crippen LogP contribution >= 0.6 is 11.6 Å². The third kappa shape index (κ3) is 6.81. The summed E-state index contributed by atoms with van der Waals surface area (Å²) >= 11 is 5.71. The quantitative estimate of drug-likeness (QED) is 0.614. The average Bonchev–Trinajstić information content (AvgIpc) is 2.35. The number of likely N-dealkylation sites (tertiary alicyclic amines) is 1. The Labute approximate surface area is 118 Å². The van der Waals surface area contributed by atoms with Crippen LogP contribution in [0.5, 0.6) is 0 Å². The number of aliphatic imine (C=N–C) groups is 1. The Balaban J connectivity index is 2.38. The van der Waals surface area contributed by atoms with Crippen LogP contribution in [0.2, 0.25) is 0 Å². The highest BCUT2D eigenvalue weighted by molar-refractivity contribution is 6.80. The van der Waals surface area contributed by atoms with Gasteiger partial charge in [0.25, 0.3) is 0 Å². The number of amides is 2. The maximum Gasteiger partial charge on any atom is 0.337 e. The summed E-state index contributed by atoms with van der Waals surface area (Å²) in [5.74, 6) is 0. The number of nitrogens with one attached hydrogen (secondary N) is 1. The van der Waals surface area contributed by atoms with E-state index in [2.05, 4.69) is 15.5 Å². The normalized spacial score (nSPS) is 18.6. The van der Waals surface area contributed by atoms with Crippen molar-refractivity contribution >= 4 is 29.0 Å². The lowest BCUT2D eigenvalue weighted by molar-refractivity contribution is 0.193. The van der Waals surface area contributed by atoms with Crippen LogP contribution < -0.4 is 11.2 Å². The summed E-state index contributed by atoms with van der Waals surface area (Å²) in [6, 6.07) is -0.197. The standard InChI is InChI=1S/C12H20ClN5O/c13-11(15-7-6-14)10-16-17-12(19)18-8-4-2-1-3-5-9-18/h6-7,10H,1-5,8-9,14H2,(H,17,19). The molecule has 19 heavy (non-hydrogen) atoms. The van der Waals surface area contributed by atoms with Gasteiger partial charge >= 0.3 is 6.03 Å². The first-order valence-electron chi connectivity index (χ1n) is 6.42. The minimum absolute atomic E-state index is 0.148. The molecule has 1 saturated heterocycles. The zero-order valence-electron chi connectivity index (χ0n) is 10.9. The summed E-state index contributed by atoms with van der Waals surface area (Å²) in [4.78, 5) is 17.4. The van der Waals surface area contributed by atoms with Crippen LogP contribution in [0.3, 0.4) is 0 Å². The van der Waals surface area contributed by atoms with Gasteiger partial charge in [0.15, 0.2) is 0 Å². The van der Waals surface area contributed by atoms with Gasteiger partial charge in [0.2, 0.25) is 0 Å². The van der Waals surface area contributed by atoms with Crippen LogP contribution in [0.4, 0.5) is 4.79 Å². The van der Waals surface area contributed by atoms with Gasteiger partial charge in [-0.3, -0.25) is 0 Å². The second-order valence-corrected chi connectivity index (χ2v) is 4.61. The Morgan fingerprint density at radius 3 is 2.47 bits per heavy atom. The summed E-state index contributed by atoms with van der Waals surface area (Å²) < 4.78 is 0. The van der Waals surface area contributed by atoms with Gasteiger partial charge in [-0.15, -0.1) is 0 Å². The fourth-order valence-electron chi connectivity index (χ4n) is 1.81. The van der Waals surface area contributed by atoms with Crippen LogP contribution in [0, 0.1) is 0 Å². The van der Waals surface area contributed by atoms with Crippen LogP contribution in [-0.2, 0) is 0 Å². The molecule has 0 bridgehead atoms. The predicted molar refractivity (Wildman–Crippen MR) is 78.3 cm³/mol. The van der Waals surface area contributed by atoms with Gasteiger partial charge in [-0.1, -0.05) is 30.9 Å². The van der Waals surface area contributed by atoms with E-state index in [1.165, 1.54) is 37.9 Å². The van der Waals surface area contributed by atoms with Crippen molar-refractivity contribution in [2.75, 3.05) is 13.1 Å². The Bertz CT molecular complexity index is 359. The second kappa shape index (κ2) is 9.38. The molecule has 106 valence electrons. The molecule has 7 heteroatoms. The molecule has 3 N–H and O–H groups in total. The Kier molecular flexibility index (Phi) is 7.65. The summed E-state index contributed by atoms with van der Waals surface area (Å²) in [5.41, 5.74) is 7.56. The Hall–Kier alpha value is -1.56. The molecule has 1 fully saturated rings. The molecule has 0 spiro atoms. The second-order valence-electron chi connectivity index (χ2n) is 4.22. The molecular formula is C12H20ClN5O. The molecule has 0 atom stereocenters. The van der Waals surface area contributed by atoms with Gasteiger partial charge in [-0.2, -0.15) is 5.10 Å². The van der Waals surface area contributed by atoms with Gasteiger partial charge in [0.1, 0.15) is 5.17 Å². The van der Waals surface area contributed by atoms with Crippen molar-refractivity contribution in [3.05, 3.63) is 12.4 Å². The zero-order valence-corrected chi connectivity index (χ0v) is 11.6. The number of nitrogens with zero attached hydrogens (tertiary/aromatic N) is 3. The van der Waals surface area contributed by atoms with E-state index in [0.29, 0.717) is 0 Å². The third-order valence-electron chi connectivity index (χ3n) is 2.76. The molecule has 0 radical (unpaired) electrons.